The Morgan fingerprint density at radius 2 is 2.14 bits per heavy atom. The number of ether oxygens (including phenoxy) is 2. The van der Waals surface area contributed by atoms with Gasteiger partial charge in [-0.1, -0.05) is 18.3 Å². The fourth-order valence-electron chi connectivity index (χ4n) is 1.85. The molecule has 0 bridgehead atoms. The summed E-state index contributed by atoms with van der Waals surface area (Å²) < 4.78 is 11.5. The number of benzene rings is 1. The van der Waals surface area contributed by atoms with Gasteiger partial charge in [0.15, 0.2) is 10.2 Å². The van der Waals surface area contributed by atoms with Gasteiger partial charge in [-0.05, 0) is 24.7 Å². The Balaban J connectivity index is 2.19. The van der Waals surface area contributed by atoms with Gasteiger partial charge in [-0.15, -0.1) is 0 Å². The monoisotopic (exact) mass is 339 g/mol. The maximum Gasteiger partial charge on any atom is 0.226 e. The molecule has 0 spiro atoms. The van der Waals surface area contributed by atoms with Crippen LogP contribution in [0.5, 0.6) is 11.5 Å². The molecule has 0 aliphatic rings. The van der Waals surface area contributed by atoms with Gasteiger partial charge >= 0.3 is 0 Å². The van der Waals surface area contributed by atoms with Gasteiger partial charge in [-0.2, -0.15) is 0 Å². The Hall–Kier alpha value is -1.93. The zero-order valence-electron chi connectivity index (χ0n) is 12.6. The van der Waals surface area contributed by atoms with Gasteiger partial charge in [0.2, 0.25) is 5.91 Å². The molecule has 1 heterocycles. The van der Waals surface area contributed by atoms with E-state index in [2.05, 4.69) is 15.6 Å². The third kappa shape index (κ3) is 3.83. The molecule has 2 N–H and O–H groups in total. The highest BCUT2D eigenvalue weighted by atomic mass is 32.1. The lowest BCUT2D eigenvalue weighted by atomic mass is 10.3. The predicted octanol–water partition coefficient (Wildman–Crippen LogP) is 2.93. The summed E-state index contributed by atoms with van der Waals surface area (Å²) in [7, 11) is 3.18. The summed E-state index contributed by atoms with van der Waals surface area (Å²) in [5, 5.41) is 6.36. The molecule has 1 amide bonds. The van der Waals surface area contributed by atoms with E-state index in [1.807, 2.05) is 13.0 Å². The Bertz CT molecular complexity index is 700. The van der Waals surface area contributed by atoms with Crippen molar-refractivity contribution in [2.24, 2.45) is 0 Å². The molecule has 0 saturated heterocycles. The average molecular weight is 339 g/mol. The van der Waals surface area contributed by atoms with Crippen LogP contribution in [0.15, 0.2) is 12.1 Å². The smallest absolute Gasteiger partial charge is 0.226 e. The number of methoxy groups -OCH3 is 2. The van der Waals surface area contributed by atoms with E-state index < -0.39 is 0 Å². The molecular weight excluding hydrogens is 322 g/mol. The number of fused-ring (bicyclic) bond motifs is 1. The molecule has 0 aliphatic heterocycles. The Labute approximate surface area is 137 Å². The van der Waals surface area contributed by atoms with Gasteiger partial charge < -0.3 is 20.1 Å². The van der Waals surface area contributed by atoms with E-state index in [9.17, 15) is 4.79 Å². The first-order valence-electron chi connectivity index (χ1n) is 6.70. The Kier molecular flexibility index (Phi) is 5.51. The van der Waals surface area contributed by atoms with E-state index in [-0.39, 0.29) is 11.0 Å². The zero-order valence-corrected chi connectivity index (χ0v) is 14.2. The van der Waals surface area contributed by atoms with Crippen LogP contribution in [-0.4, -0.2) is 30.2 Å². The first kappa shape index (κ1) is 16.4. The van der Waals surface area contributed by atoms with Crippen molar-refractivity contribution in [1.29, 1.82) is 0 Å². The summed E-state index contributed by atoms with van der Waals surface area (Å²) in [4.78, 5) is 15.9. The second kappa shape index (κ2) is 7.37. The van der Waals surface area contributed by atoms with Crippen LogP contribution in [0.4, 0.5) is 5.13 Å². The average Bonchev–Trinajstić information content (AvgIpc) is 2.87. The Morgan fingerprint density at radius 3 is 2.77 bits per heavy atom. The van der Waals surface area contributed by atoms with E-state index in [1.54, 1.807) is 20.3 Å². The molecule has 0 aliphatic carbocycles. The van der Waals surface area contributed by atoms with E-state index >= 15 is 0 Å². The second-order valence-electron chi connectivity index (χ2n) is 4.45. The number of hydrogen-bond acceptors (Lipinski definition) is 6. The first-order valence-corrected chi connectivity index (χ1v) is 7.93. The number of hydrogen-bond donors (Lipinski definition) is 2. The molecule has 6 nitrogen and oxygen atoms in total. The minimum Gasteiger partial charge on any atom is -0.497 e. The standard InChI is InChI=1S/C14H17N3O3S2/c1-4-5-11(18)15-13(21)17-14-16-12-9(20-3)6-8(19-2)7-10(12)22-14/h6-7H,4-5H2,1-3H3,(H2,15,16,17,18,21). The summed E-state index contributed by atoms with van der Waals surface area (Å²) in [5.74, 6) is 1.21. The Morgan fingerprint density at radius 1 is 1.36 bits per heavy atom. The van der Waals surface area contributed by atoms with Crippen LogP contribution in [0, 0.1) is 0 Å². The van der Waals surface area contributed by atoms with E-state index in [0.717, 1.165) is 16.6 Å². The van der Waals surface area contributed by atoms with Crippen LogP contribution >= 0.6 is 23.6 Å². The molecule has 8 heteroatoms. The molecule has 22 heavy (non-hydrogen) atoms. The van der Waals surface area contributed by atoms with Gasteiger partial charge in [-0.25, -0.2) is 4.98 Å². The van der Waals surface area contributed by atoms with Crippen LogP contribution in [0.1, 0.15) is 19.8 Å². The van der Waals surface area contributed by atoms with Gasteiger partial charge in [0.05, 0.1) is 18.9 Å². The topological polar surface area (TPSA) is 72.5 Å². The minimum atomic E-state index is -0.111. The molecule has 2 rings (SSSR count). The van der Waals surface area contributed by atoms with Gasteiger partial charge in [0, 0.05) is 12.5 Å². The van der Waals surface area contributed by atoms with Crippen molar-refractivity contribution >= 4 is 49.9 Å². The lowest BCUT2D eigenvalue weighted by molar-refractivity contribution is -0.119. The molecule has 0 unspecified atom stereocenters. The number of rotatable bonds is 5. The highest BCUT2D eigenvalue weighted by Crippen LogP contribution is 2.36. The normalized spacial score (nSPS) is 10.3. The number of anilines is 1. The third-order valence-electron chi connectivity index (χ3n) is 2.84. The summed E-state index contributed by atoms with van der Waals surface area (Å²) in [6, 6.07) is 3.65. The lowest BCUT2D eigenvalue weighted by Crippen LogP contribution is -2.33. The van der Waals surface area contributed by atoms with Crippen LogP contribution in [0.25, 0.3) is 10.2 Å². The fourth-order valence-corrected chi connectivity index (χ4v) is 3.04. The van der Waals surface area contributed by atoms with Gasteiger partial charge in [0.25, 0.3) is 0 Å². The van der Waals surface area contributed by atoms with Crippen molar-refractivity contribution in [1.82, 2.24) is 10.3 Å². The van der Waals surface area contributed by atoms with Crippen LogP contribution in [0.3, 0.4) is 0 Å². The number of thiocarbonyl (C=S) groups is 1. The maximum absolute atomic E-state index is 11.5. The van der Waals surface area contributed by atoms with Gasteiger partial charge in [0.1, 0.15) is 17.0 Å². The summed E-state index contributed by atoms with van der Waals surface area (Å²) in [6.45, 7) is 1.93. The largest absolute Gasteiger partial charge is 0.497 e. The number of nitrogens with one attached hydrogen (secondary N) is 2. The number of amides is 1. The van der Waals surface area contributed by atoms with Crippen molar-refractivity contribution in [2.45, 2.75) is 19.8 Å². The van der Waals surface area contributed by atoms with Crippen LogP contribution < -0.4 is 20.1 Å². The molecule has 1 aromatic carbocycles. The maximum atomic E-state index is 11.5. The summed E-state index contributed by atoms with van der Waals surface area (Å²) >= 11 is 6.51. The highest BCUT2D eigenvalue weighted by molar-refractivity contribution is 7.80. The van der Waals surface area contributed by atoms with E-state index in [4.69, 9.17) is 21.7 Å². The molecule has 2 aromatic rings. The van der Waals surface area contributed by atoms with Crippen molar-refractivity contribution in [3.8, 4) is 11.5 Å². The van der Waals surface area contributed by atoms with Crippen molar-refractivity contribution < 1.29 is 14.3 Å². The lowest BCUT2D eigenvalue weighted by Gasteiger charge is -2.05. The number of thiazole rings is 1. The molecular formula is C14H17N3O3S2. The number of nitrogens with zero attached hydrogens (tertiary/aromatic N) is 1. The first-order chi connectivity index (χ1) is 10.6. The van der Waals surface area contributed by atoms with Gasteiger partial charge in [-0.3, -0.25) is 4.79 Å². The number of carbonyl (C=O) groups excluding carboxylic acids is 1. The second-order valence-corrected chi connectivity index (χ2v) is 5.89. The van der Waals surface area contributed by atoms with Crippen molar-refractivity contribution in [3.63, 3.8) is 0 Å². The fraction of sp³-hybridized carbons (Fsp3) is 0.357. The SMILES string of the molecule is CCCC(=O)NC(=S)Nc1nc2c(OC)cc(OC)cc2s1. The third-order valence-corrected chi connectivity index (χ3v) is 3.96. The predicted molar refractivity (Wildman–Crippen MR) is 92.0 cm³/mol. The molecule has 0 fully saturated rings. The van der Waals surface area contributed by atoms with E-state index in [0.29, 0.717) is 23.1 Å². The zero-order chi connectivity index (χ0) is 16.1. The highest BCUT2D eigenvalue weighted by Gasteiger charge is 2.13. The van der Waals surface area contributed by atoms with E-state index in [1.165, 1.54) is 11.3 Å². The quantitative estimate of drug-likeness (QED) is 0.816. The molecule has 118 valence electrons. The molecule has 0 radical (unpaired) electrons. The minimum absolute atomic E-state index is 0.111. The summed E-state index contributed by atoms with van der Waals surface area (Å²) in [5.41, 5.74) is 0.721. The van der Waals surface area contributed by atoms with Crippen LogP contribution in [-0.2, 0) is 4.79 Å². The number of carbonyl (C=O) groups is 1. The van der Waals surface area contributed by atoms with Crippen LogP contribution in [0.2, 0.25) is 0 Å². The summed E-state index contributed by atoms with van der Waals surface area (Å²) in [6.07, 6.45) is 1.21. The molecule has 0 saturated carbocycles. The molecule has 0 atom stereocenters. The van der Waals surface area contributed by atoms with Crippen molar-refractivity contribution in [3.05, 3.63) is 12.1 Å². The molecule has 1 aromatic heterocycles. The van der Waals surface area contributed by atoms with Crippen molar-refractivity contribution in [2.75, 3.05) is 19.5 Å². The number of aromatic nitrogens is 1.